The maximum atomic E-state index is 12.9. The van der Waals surface area contributed by atoms with Crippen LogP contribution >= 0.6 is 12.2 Å². The lowest BCUT2D eigenvalue weighted by molar-refractivity contribution is -0.136. The van der Waals surface area contributed by atoms with E-state index in [1.807, 2.05) is 0 Å². The molecule has 0 radical (unpaired) electrons. The number of benzene rings is 1. The first-order valence-corrected chi connectivity index (χ1v) is 6.73. The molecule has 8 heteroatoms. The van der Waals surface area contributed by atoms with Crippen molar-refractivity contribution in [3.63, 3.8) is 0 Å². The lowest BCUT2D eigenvalue weighted by Crippen LogP contribution is -2.23. The van der Waals surface area contributed by atoms with Crippen LogP contribution in [0, 0.1) is 13.8 Å². The fourth-order valence-electron chi connectivity index (χ4n) is 1.88. The normalized spacial score (nSPS) is 11.1. The van der Waals surface area contributed by atoms with E-state index in [9.17, 15) is 13.2 Å². The summed E-state index contributed by atoms with van der Waals surface area (Å²) in [6.45, 7) is 3.57. The van der Waals surface area contributed by atoms with Crippen LogP contribution < -0.4 is 10.6 Å². The zero-order valence-corrected chi connectivity index (χ0v) is 12.6. The van der Waals surface area contributed by atoms with E-state index in [4.69, 9.17) is 12.2 Å². The van der Waals surface area contributed by atoms with E-state index >= 15 is 0 Å². The maximum absolute atomic E-state index is 12.9. The standard InChI is InChI=1S/C14H13F3N4S/c1-8-7-9(2)19-12(18-8)21-13(22)20-11-6-4-3-5-10(11)14(15,16)17/h3-7H,1-2H3,(H2,18,19,20,21,22). The van der Waals surface area contributed by atoms with Crippen LogP contribution in [0.1, 0.15) is 17.0 Å². The van der Waals surface area contributed by atoms with Gasteiger partial charge in [0.2, 0.25) is 5.95 Å². The van der Waals surface area contributed by atoms with Crippen molar-refractivity contribution in [1.29, 1.82) is 0 Å². The van der Waals surface area contributed by atoms with Gasteiger partial charge in [-0.15, -0.1) is 0 Å². The molecule has 0 saturated heterocycles. The van der Waals surface area contributed by atoms with Crippen molar-refractivity contribution in [2.45, 2.75) is 20.0 Å². The second-order valence-electron chi connectivity index (χ2n) is 4.60. The summed E-state index contributed by atoms with van der Waals surface area (Å²) in [4.78, 5) is 8.23. The number of aromatic nitrogens is 2. The first-order valence-electron chi connectivity index (χ1n) is 6.32. The van der Waals surface area contributed by atoms with Gasteiger partial charge in [-0.25, -0.2) is 9.97 Å². The third kappa shape index (κ3) is 4.14. The Balaban J connectivity index is 2.16. The number of halogens is 3. The van der Waals surface area contributed by atoms with Gasteiger partial charge in [0.05, 0.1) is 11.3 Å². The number of nitrogens with zero attached hydrogens (tertiary/aromatic N) is 2. The molecule has 0 saturated carbocycles. The molecule has 2 N–H and O–H groups in total. The zero-order chi connectivity index (χ0) is 16.3. The fraction of sp³-hybridized carbons (Fsp3) is 0.214. The van der Waals surface area contributed by atoms with Crippen LogP contribution in [-0.2, 0) is 6.18 Å². The molecule has 2 aromatic rings. The van der Waals surface area contributed by atoms with Crippen molar-refractivity contribution in [2.24, 2.45) is 0 Å². The largest absolute Gasteiger partial charge is 0.418 e. The summed E-state index contributed by atoms with van der Waals surface area (Å²) in [5.41, 5.74) is 0.541. The Bertz CT molecular complexity index is 680. The summed E-state index contributed by atoms with van der Waals surface area (Å²) in [5, 5.41) is 5.19. The van der Waals surface area contributed by atoms with Crippen molar-refractivity contribution in [3.8, 4) is 0 Å². The summed E-state index contributed by atoms with van der Waals surface area (Å²) in [5.74, 6) is 0.236. The van der Waals surface area contributed by atoms with Crippen molar-refractivity contribution >= 4 is 29.0 Å². The zero-order valence-electron chi connectivity index (χ0n) is 11.8. The first kappa shape index (κ1) is 16.2. The predicted octanol–water partition coefficient (Wildman–Crippen LogP) is 3.92. The second kappa shape index (κ2) is 6.27. The van der Waals surface area contributed by atoms with Crippen LogP contribution in [0.15, 0.2) is 30.3 Å². The molecular formula is C14H13F3N4S. The highest BCUT2D eigenvalue weighted by Crippen LogP contribution is 2.34. The average Bonchev–Trinajstić information content (AvgIpc) is 2.36. The summed E-state index contributed by atoms with van der Waals surface area (Å²) in [7, 11) is 0. The summed E-state index contributed by atoms with van der Waals surface area (Å²) in [6, 6.07) is 6.88. The SMILES string of the molecule is Cc1cc(C)nc(NC(=S)Nc2ccccc2C(F)(F)F)n1. The van der Waals surface area contributed by atoms with Crippen LogP contribution in [0.2, 0.25) is 0 Å². The van der Waals surface area contributed by atoms with Crippen molar-refractivity contribution in [1.82, 2.24) is 9.97 Å². The van der Waals surface area contributed by atoms with Crippen molar-refractivity contribution in [2.75, 3.05) is 10.6 Å². The van der Waals surface area contributed by atoms with Gasteiger partial charge in [0, 0.05) is 11.4 Å². The number of alkyl halides is 3. The third-order valence-corrected chi connectivity index (χ3v) is 2.89. The molecule has 0 aliphatic rings. The molecular weight excluding hydrogens is 313 g/mol. The van der Waals surface area contributed by atoms with Crippen molar-refractivity contribution in [3.05, 3.63) is 47.3 Å². The molecule has 1 aromatic heterocycles. The quantitative estimate of drug-likeness (QED) is 0.819. The highest BCUT2D eigenvalue weighted by atomic mass is 32.1. The minimum Gasteiger partial charge on any atom is -0.332 e. The van der Waals surface area contributed by atoms with Gasteiger partial charge in [-0.3, -0.25) is 0 Å². The lowest BCUT2D eigenvalue weighted by atomic mass is 10.2. The summed E-state index contributed by atoms with van der Waals surface area (Å²) >= 11 is 5.02. The number of aryl methyl sites for hydroxylation is 2. The molecule has 1 heterocycles. The number of hydrogen-bond donors (Lipinski definition) is 2. The number of para-hydroxylation sites is 1. The third-order valence-electron chi connectivity index (χ3n) is 2.69. The van der Waals surface area contributed by atoms with E-state index in [-0.39, 0.29) is 16.7 Å². The molecule has 0 aliphatic carbocycles. The van der Waals surface area contributed by atoms with Crippen LogP contribution in [0.3, 0.4) is 0 Å². The highest BCUT2D eigenvalue weighted by molar-refractivity contribution is 7.80. The topological polar surface area (TPSA) is 49.8 Å². The molecule has 0 spiro atoms. The number of thiocarbonyl (C=S) groups is 1. The molecule has 1 aromatic carbocycles. The van der Waals surface area contributed by atoms with Gasteiger partial charge in [-0.1, -0.05) is 12.1 Å². The number of hydrogen-bond acceptors (Lipinski definition) is 3. The Morgan fingerprint density at radius 2 is 1.64 bits per heavy atom. The van der Waals surface area contributed by atoms with Crippen LogP contribution in [0.4, 0.5) is 24.8 Å². The molecule has 0 atom stereocenters. The monoisotopic (exact) mass is 326 g/mol. The van der Waals surface area contributed by atoms with E-state index in [1.165, 1.54) is 18.2 Å². The Labute approximate surface area is 130 Å². The van der Waals surface area contributed by atoms with Gasteiger partial charge in [0.25, 0.3) is 0 Å². The molecule has 116 valence electrons. The van der Waals surface area contributed by atoms with Gasteiger partial charge in [-0.2, -0.15) is 13.2 Å². The number of nitrogens with one attached hydrogen (secondary N) is 2. The molecule has 0 unspecified atom stereocenters. The molecule has 0 fully saturated rings. The molecule has 0 amide bonds. The Kier molecular flexibility index (Phi) is 4.60. The van der Waals surface area contributed by atoms with E-state index < -0.39 is 11.7 Å². The van der Waals surface area contributed by atoms with Crippen LogP contribution in [-0.4, -0.2) is 15.1 Å². The summed E-state index contributed by atoms with van der Waals surface area (Å²) in [6.07, 6.45) is -4.46. The highest BCUT2D eigenvalue weighted by Gasteiger charge is 2.33. The van der Waals surface area contributed by atoms with Gasteiger partial charge in [-0.05, 0) is 44.3 Å². The minimum absolute atomic E-state index is 0.0123. The van der Waals surface area contributed by atoms with E-state index in [1.54, 1.807) is 19.9 Å². The molecule has 0 aliphatic heterocycles. The first-order chi connectivity index (χ1) is 10.3. The van der Waals surface area contributed by atoms with Gasteiger partial charge >= 0.3 is 6.18 Å². The Hall–Kier alpha value is -2.22. The van der Waals surface area contributed by atoms with Crippen LogP contribution in [0.25, 0.3) is 0 Å². The van der Waals surface area contributed by atoms with Gasteiger partial charge in [0.15, 0.2) is 5.11 Å². The molecule has 4 nitrogen and oxygen atoms in total. The van der Waals surface area contributed by atoms with Gasteiger partial charge in [0.1, 0.15) is 0 Å². The van der Waals surface area contributed by atoms with E-state index in [2.05, 4.69) is 20.6 Å². The number of anilines is 2. The fourth-order valence-corrected chi connectivity index (χ4v) is 2.08. The minimum atomic E-state index is -4.46. The Morgan fingerprint density at radius 3 is 2.23 bits per heavy atom. The van der Waals surface area contributed by atoms with E-state index in [0.29, 0.717) is 0 Å². The predicted molar refractivity (Wildman–Crippen MR) is 82.8 cm³/mol. The van der Waals surface area contributed by atoms with E-state index in [0.717, 1.165) is 17.5 Å². The molecule has 0 bridgehead atoms. The second-order valence-corrected chi connectivity index (χ2v) is 5.01. The van der Waals surface area contributed by atoms with Crippen LogP contribution in [0.5, 0.6) is 0 Å². The van der Waals surface area contributed by atoms with Gasteiger partial charge < -0.3 is 10.6 Å². The maximum Gasteiger partial charge on any atom is 0.418 e. The average molecular weight is 326 g/mol. The van der Waals surface area contributed by atoms with Crippen molar-refractivity contribution < 1.29 is 13.2 Å². The number of rotatable bonds is 2. The smallest absolute Gasteiger partial charge is 0.332 e. The molecule has 2 rings (SSSR count). The Morgan fingerprint density at radius 1 is 1.05 bits per heavy atom. The summed E-state index contributed by atoms with van der Waals surface area (Å²) < 4.78 is 38.7. The lowest BCUT2D eigenvalue weighted by Gasteiger charge is -2.15. The molecule has 22 heavy (non-hydrogen) atoms.